The van der Waals surface area contributed by atoms with Crippen molar-refractivity contribution >= 4 is 15.7 Å². The molecule has 1 aliphatic rings. The Morgan fingerprint density at radius 3 is 2.59 bits per heavy atom. The molecule has 1 aromatic carbocycles. The van der Waals surface area contributed by atoms with Gasteiger partial charge in [0.25, 0.3) is 0 Å². The van der Waals surface area contributed by atoms with Crippen molar-refractivity contribution in [2.45, 2.75) is 6.10 Å². The normalized spacial score (nSPS) is 17.0. The number of nitrogens with two attached hydrogens (primary N) is 1. The number of nitrogen functional groups attached to an aromatic ring is 1. The van der Waals surface area contributed by atoms with E-state index >= 15 is 0 Å². The largest absolute Gasteiger partial charge is 0.493 e. The van der Waals surface area contributed by atoms with E-state index in [0.29, 0.717) is 17.3 Å². The van der Waals surface area contributed by atoms with E-state index in [1.165, 1.54) is 7.11 Å². The third-order valence-corrected chi connectivity index (χ3v) is 5.39. The first-order chi connectivity index (χ1) is 10.4. The highest BCUT2D eigenvalue weighted by Gasteiger charge is 2.35. The predicted octanol–water partition coefficient (Wildman–Crippen LogP) is 0.854. The minimum absolute atomic E-state index is 0.0491. The summed E-state index contributed by atoms with van der Waals surface area (Å²) in [5.74, 6) is 1.71. The summed E-state index contributed by atoms with van der Waals surface area (Å²) in [6, 6.07) is 5.40. The van der Waals surface area contributed by atoms with Crippen LogP contribution in [0.4, 0.5) is 5.82 Å². The van der Waals surface area contributed by atoms with Gasteiger partial charge in [0.05, 0.1) is 24.8 Å². The first-order valence-electron chi connectivity index (χ1n) is 6.72. The van der Waals surface area contributed by atoms with Gasteiger partial charge in [-0.1, -0.05) is 6.07 Å². The summed E-state index contributed by atoms with van der Waals surface area (Å²) in [5, 5.41) is 4.11. The van der Waals surface area contributed by atoms with Crippen LogP contribution in [0.1, 0.15) is 0 Å². The van der Waals surface area contributed by atoms with Crippen molar-refractivity contribution in [1.29, 1.82) is 0 Å². The lowest BCUT2D eigenvalue weighted by atomic mass is 10.1. The van der Waals surface area contributed by atoms with E-state index in [1.807, 2.05) is 6.07 Å². The number of hydrogen-bond acceptors (Lipinski definition) is 6. The van der Waals surface area contributed by atoms with Gasteiger partial charge < -0.3 is 15.2 Å². The molecular formula is C14H17N3O4S. The Balaban J connectivity index is 1.86. The lowest BCUT2D eigenvalue weighted by Gasteiger charge is -2.27. The van der Waals surface area contributed by atoms with E-state index in [0.717, 1.165) is 11.1 Å². The Morgan fingerprint density at radius 1 is 1.32 bits per heavy atom. The van der Waals surface area contributed by atoms with Gasteiger partial charge in [-0.05, 0) is 17.7 Å². The molecule has 1 aliphatic heterocycles. The molecule has 7 nitrogen and oxygen atoms in total. The summed E-state index contributed by atoms with van der Waals surface area (Å²) in [4.78, 5) is 0. The Hall–Kier alpha value is -2.22. The van der Waals surface area contributed by atoms with Crippen molar-refractivity contribution in [3.8, 4) is 22.6 Å². The minimum Gasteiger partial charge on any atom is -0.493 e. The van der Waals surface area contributed by atoms with Gasteiger partial charge in [0.15, 0.2) is 21.3 Å². The van der Waals surface area contributed by atoms with E-state index in [-0.39, 0.29) is 17.6 Å². The van der Waals surface area contributed by atoms with Crippen LogP contribution in [0.15, 0.2) is 24.4 Å². The number of hydrogen-bond donors (Lipinski definition) is 1. The summed E-state index contributed by atoms with van der Waals surface area (Å²) in [7, 11) is 0.389. The fourth-order valence-electron chi connectivity index (χ4n) is 2.37. The lowest BCUT2D eigenvalue weighted by Crippen LogP contribution is -2.45. The highest BCUT2D eigenvalue weighted by Crippen LogP contribution is 2.35. The van der Waals surface area contributed by atoms with Crippen molar-refractivity contribution in [3.63, 3.8) is 0 Å². The number of sulfone groups is 1. The van der Waals surface area contributed by atoms with E-state index in [1.54, 1.807) is 30.1 Å². The molecule has 2 N–H and O–H groups in total. The van der Waals surface area contributed by atoms with E-state index in [4.69, 9.17) is 15.2 Å². The van der Waals surface area contributed by atoms with Gasteiger partial charge in [-0.3, -0.25) is 4.68 Å². The number of rotatable bonds is 4. The predicted molar refractivity (Wildman–Crippen MR) is 82.7 cm³/mol. The molecule has 1 aromatic heterocycles. The van der Waals surface area contributed by atoms with Gasteiger partial charge in [-0.15, -0.1) is 0 Å². The molecule has 0 unspecified atom stereocenters. The van der Waals surface area contributed by atoms with Crippen molar-refractivity contribution in [1.82, 2.24) is 9.78 Å². The molecule has 1 saturated heterocycles. The molecule has 2 aromatic rings. The zero-order valence-corrected chi connectivity index (χ0v) is 13.1. The van der Waals surface area contributed by atoms with Crippen LogP contribution in [0, 0.1) is 0 Å². The number of nitrogens with zero attached hydrogens (tertiary/aromatic N) is 2. The second-order valence-electron chi connectivity index (χ2n) is 5.25. The highest BCUT2D eigenvalue weighted by molar-refractivity contribution is 7.92. The van der Waals surface area contributed by atoms with Crippen LogP contribution in [0.25, 0.3) is 11.1 Å². The number of aromatic nitrogens is 2. The average Bonchev–Trinajstić information content (AvgIpc) is 2.77. The second-order valence-corrected chi connectivity index (χ2v) is 7.40. The molecule has 3 rings (SSSR count). The van der Waals surface area contributed by atoms with Gasteiger partial charge in [0.2, 0.25) is 0 Å². The highest BCUT2D eigenvalue weighted by atomic mass is 32.2. The third-order valence-electron chi connectivity index (χ3n) is 3.63. The van der Waals surface area contributed by atoms with Crippen molar-refractivity contribution < 1.29 is 17.9 Å². The SMILES string of the molecule is COc1cc(-c2cnn(C)c2N)ccc1OC1CS(=O)(=O)C1. The molecule has 22 heavy (non-hydrogen) atoms. The van der Waals surface area contributed by atoms with Crippen LogP contribution < -0.4 is 15.2 Å². The number of benzene rings is 1. The summed E-state index contributed by atoms with van der Waals surface area (Å²) in [6.45, 7) is 0. The maximum Gasteiger partial charge on any atom is 0.161 e. The molecule has 0 bridgehead atoms. The standard InChI is InChI=1S/C14H17N3O4S/c1-17-14(15)11(6-16-17)9-3-4-12(13(5-9)20-2)21-10-7-22(18,19)8-10/h3-6,10H,7-8,15H2,1-2H3. The van der Waals surface area contributed by atoms with Crippen LogP contribution in [-0.4, -0.2) is 42.9 Å². The monoisotopic (exact) mass is 323 g/mol. The van der Waals surface area contributed by atoms with E-state index < -0.39 is 9.84 Å². The Labute approximate surface area is 128 Å². The fraction of sp³-hybridized carbons (Fsp3) is 0.357. The topological polar surface area (TPSA) is 96.4 Å². The van der Waals surface area contributed by atoms with Crippen molar-refractivity contribution in [3.05, 3.63) is 24.4 Å². The molecule has 1 fully saturated rings. The Morgan fingerprint density at radius 2 is 2.05 bits per heavy atom. The molecule has 8 heteroatoms. The van der Waals surface area contributed by atoms with Crippen molar-refractivity contribution in [2.75, 3.05) is 24.3 Å². The van der Waals surface area contributed by atoms with Crippen molar-refractivity contribution in [2.24, 2.45) is 7.05 Å². The molecule has 0 aliphatic carbocycles. The number of ether oxygens (including phenoxy) is 2. The smallest absolute Gasteiger partial charge is 0.161 e. The molecule has 0 amide bonds. The van der Waals surface area contributed by atoms with Gasteiger partial charge in [-0.2, -0.15) is 5.10 Å². The molecule has 0 saturated carbocycles. The van der Waals surface area contributed by atoms with Gasteiger partial charge in [-0.25, -0.2) is 8.42 Å². The second kappa shape index (κ2) is 5.20. The number of aryl methyl sites for hydroxylation is 1. The van der Waals surface area contributed by atoms with E-state index in [2.05, 4.69) is 5.10 Å². The lowest BCUT2D eigenvalue weighted by molar-refractivity contribution is 0.219. The zero-order valence-electron chi connectivity index (χ0n) is 12.3. The average molecular weight is 323 g/mol. The summed E-state index contributed by atoms with van der Waals surface area (Å²) < 4.78 is 35.0. The maximum atomic E-state index is 11.2. The quantitative estimate of drug-likeness (QED) is 0.896. The van der Waals surface area contributed by atoms with Crippen LogP contribution in [-0.2, 0) is 16.9 Å². The number of anilines is 1. The molecule has 0 radical (unpaired) electrons. The maximum absolute atomic E-state index is 11.2. The first-order valence-corrected chi connectivity index (χ1v) is 8.55. The Bertz CT molecular complexity index is 801. The first kappa shape index (κ1) is 14.7. The van der Waals surface area contributed by atoms with E-state index in [9.17, 15) is 8.42 Å². The third kappa shape index (κ3) is 2.61. The van der Waals surface area contributed by atoms with Gasteiger partial charge >= 0.3 is 0 Å². The van der Waals surface area contributed by atoms with Crippen LogP contribution in [0.5, 0.6) is 11.5 Å². The van der Waals surface area contributed by atoms with Crippen LogP contribution in [0.3, 0.4) is 0 Å². The zero-order chi connectivity index (χ0) is 15.9. The summed E-state index contributed by atoms with van der Waals surface area (Å²) in [5.41, 5.74) is 7.63. The molecule has 0 atom stereocenters. The van der Waals surface area contributed by atoms with Crippen LogP contribution >= 0.6 is 0 Å². The minimum atomic E-state index is -2.92. The van der Waals surface area contributed by atoms with Crippen LogP contribution in [0.2, 0.25) is 0 Å². The van der Waals surface area contributed by atoms with Gasteiger partial charge in [0.1, 0.15) is 11.9 Å². The molecule has 118 valence electrons. The summed E-state index contributed by atoms with van der Waals surface area (Å²) >= 11 is 0. The van der Waals surface area contributed by atoms with Gasteiger partial charge in [0, 0.05) is 12.6 Å². The number of methoxy groups -OCH3 is 1. The fourth-order valence-corrected chi connectivity index (χ4v) is 3.54. The molecule has 0 spiro atoms. The molecule has 2 heterocycles. The molecular weight excluding hydrogens is 306 g/mol. The Kier molecular flexibility index (Phi) is 3.48. The summed E-state index contributed by atoms with van der Waals surface area (Å²) in [6.07, 6.45) is 1.37.